The Bertz CT molecular complexity index is 1220. The molecule has 2 amide bonds. The number of nitrogens with zero attached hydrogens (tertiary/aromatic N) is 6. The minimum absolute atomic E-state index is 0.164. The highest BCUT2D eigenvalue weighted by molar-refractivity contribution is 5.87. The number of likely N-dealkylation sites (N-methyl/N-ethyl adjacent to an activating group) is 4. The predicted molar refractivity (Wildman–Crippen MR) is 161 cm³/mol. The fourth-order valence-electron chi connectivity index (χ4n) is 3.85. The second-order valence-electron chi connectivity index (χ2n) is 9.72. The lowest BCUT2D eigenvalue weighted by Gasteiger charge is -2.28. The number of hydrogen-bond acceptors (Lipinski definition) is 12. The van der Waals surface area contributed by atoms with E-state index in [4.69, 9.17) is 20.9 Å². The molecule has 42 heavy (non-hydrogen) atoms. The molecule has 4 N–H and O–H groups in total. The topological polar surface area (TPSA) is 204 Å². The van der Waals surface area contributed by atoms with E-state index in [0.29, 0.717) is 11.5 Å². The summed E-state index contributed by atoms with van der Waals surface area (Å²) >= 11 is 0. The number of rotatable bonds is 10. The van der Waals surface area contributed by atoms with E-state index in [2.05, 4.69) is 0 Å². The van der Waals surface area contributed by atoms with Gasteiger partial charge in [0.2, 0.25) is 11.8 Å². The van der Waals surface area contributed by atoms with Crippen LogP contribution < -0.4 is 30.7 Å². The van der Waals surface area contributed by atoms with Crippen LogP contribution >= 0.6 is 0 Å². The molecule has 0 aliphatic rings. The molecule has 2 rings (SSSR count). The number of methoxy groups -OCH3 is 2. The number of nitrogen functional groups attached to an aromatic ring is 2. The van der Waals surface area contributed by atoms with Crippen LogP contribution in [-0.4, -0.2) is 100 Å². The molecule has 232 valence electrons. The molecule has 0 aliphatic carbocycles. The number of amides is 2. The van der Waals surface area contributed by atoms with Crippen molar-refractivity contribution in [1.29, 1.82) is 0 Å². The first kappa shape index (κ1) is 35.0. The van der Waals surface area contributed by atoms with Gasteiger partial charge in [-0.05, 0) is 13.8 Å². The number of ether oxygens (including phenoxy) is 2. The summed E-state index contributed by atoms with van der Waals surface area (Å²) < 4.78 is 10.2. The van der Waals surface area contributed by atoms with Crippen molar-refractivity contribution >= 4 is 45.9 Å². The summed E-state index contributed by atoms with van der Waals surface area (Å²) in [5, 5.41) is 22.4. The maximum Gasteiger partial charge on any atom is 0.294 e. The summed E-state index contributed by atoms with van der Waals surface area (Å²) in [6, 6.07) is 4.27. The van der Waals surface area contributed by atoms with Crippen LogP contribution in [0, 0.1) is 20.2 Å². The third-order valence-corrected chi connectivity index (χ3v) is 6.57. The third kappa shape index (κ3) is 8.02. The molecule has 16 nitrogen and oxygen atoms in total. The van der Waals surface area contributed by atoms with Gasteiger partial charge in [-0.2, -0.15) is 0 Å². The normalized spacial score (nSPS) is 11.7. The Morgan fingerprint density at radius 2 is 0.976 bits per heavy atom. The van der Waals surface area contributed by atoms with E-state index in [1.807, 2.05) is 0 Å². The Morgan fingerprint density at radius 1 is 0.690 bits per heavy atom. The zero-order valence-electron chi connectivity index (χ0n) is 25.6. The first-order valence-electron chi connectivity index (χ1n) is 12.5. The highest BCUT2D eigenvalue weighted by Crippen LogP contribution is 2.38. The Hall–Kier alpha value is -5.02. The van der Waals surface area contributed by atoms with Crippen LogP contribution in [0.3, 0.4) is 0 Å². The number of carbonyl (C=O) groups excluding carboxylic acids is 2. The molecule has 0 bridgehead atoms. The molecule has 0 saturated carbocycles. The van der Waals surface area contributed by atoms with E-state index in [1.54, 1.807) is 56.1 Å². The molecular weight excluding hydrogens is 552 g/mol. The molecule has 0 fully saturated rings. The summed E-state index contributed by atoms with van der Waals surface area (Å²) in [7, 11) is 12.6. The standard InChI is InChI=1S/2C13H20N4O4/c2*1-8(13(18)15(2)3)16(4)10-7-12(21-5)9(14)6-11(10)17(19)20/h2*6-8H,14H2,1-5H3. The SMILES string of the molecule is COc1cc(N(C)C(C)C(=O)N(C)C)c([N+](=O)[O-])cc1N.COc1cc(N(C)C(C)C(=O)N(C)C)c([N+](=O)[O-])cc1N. The maximum absolute atomic E-state index is 12.0. The quantitative estimate of drug-likeness (QED) is 0.231. The van der Waals surface area contributed by atoms with Gasteiger partial charge in [-0.1, -0.05) is 0 Å². The lowest BCUT2D eigenvalue weighted by Crippen LogP contribution is -2.43. The van der Waals surface area contributed by atoms with Crippen LogP contribution in [-0.2, 0) is 9.59 Å². The molecule has 0 aromatic heterocycles. The summed E-state index contributed by atoms with van der Waals surface area (Å²) in [6.07, 6.45) is 0. The van der Waals surface area contributed by atoms with Crippen LogP contribution in [0.4, 0.5) is 34.1 Å². The lowest BCUT2D eigenvalue weighted by atomic mass is 10.1. The van der Waals surface area contributed by atoms with Gasteiger partial charge in [0.05, 0.1) is 35.4 Å². The predicted octanol–water partition coefficient (Wildman–Crippen LogP) is 2.20. The second kappa shape index (κ2) is 14.6. The minimum atomic E-state index is -0.563. The number of hydrogen-bond donors (Lipinski definition) is 2. The van der Waals surface area contributed by atoms with Crippen LogP contribution in [0.25, 0.3) is 0 Å². The number of nitrogens with two attached hydrogens (primary N) is 2. The van der Waals surface area contributed by atoms with Gasteiger partial charge in [-0.3, -0.25) is 29.8 Å². The largest absolute Gasteiger partial charge is 0.495 e. The maximum atomic E-state index is 12.0. The van der Waals surface area contributed by atoms with E-state index in [0.717, 1.165) is 0 Å². The monoisotopic (exact) mass is 592 g/mol. The first-order valence-corrected chi connectivity index (χ1v) is 12.5. The van der Waals surface area contributed by atoms with Gasteiger partial charge in [0.25, 0.3) is 11.4 Å². The van der Waals surface area contributed by atoms with Gasteiger partial charge >= 0.3 is 0 Å². The number of anilines is 4. The molecule has 0 aliphatic heterocycles. The molecule has 2 aromatic carbocycles. The summed E-state index contributed by atoms with van der Waals surface area (Å²) in [4.78, 5) is 51.3. The molecule has 0 radical (unpaired) electrons. The zero-order chi connectivity index (χ0) is 32.6. The van der Waals surface area contributed by atoms with Crippen molar-refractivity contribution < 1.29 is 28.9 Å². The Labute approximate surface area is 244 Å². The summed E-state index contributed by atoms with van der Waals surface area (Å²) in [5.74, 6) is 0.323. The molecule has 0 spiro atoms. The van der Waals surface area contributed by atoms with Crippen molar-refractivity contribution in [2.24, 2.45) is 0 Å². The Morgan fingerprint density at radius 3 is 1.19 bits per heavy atom. The van der Waals surface area contributed by atoms with Crippen LogP contribution in [0.15, 0.2) is 24.3 Å². The van der Waals surface area contributed by atoms with Crippen molar-refractivity contribution in [1.82, 2.24) is 9.80 Å². The fourth-order valence-corrected chi connectivity index (χ4v) is 3.85. The van der Waals surface area contributed by atoms with E-state index in [-0.39, 0.29) is 45.9 Å². The van der Waals surface area contributed by atoms with Crippen LogP contribution in [0.2, 0.25) is 0 Å². The summed E-state index contributed by atoms with van der Waals surface area (Å²) in [5.41, 5.74) is 11.9. The van der Waals surface area contributed by atoms with Gasteiger partial charge in [0, 0.05) is 66.6 Å². The average molecular weight is 593 g/mol. The van der Waals surface area contributed by atoms with E-state index in [9.17, 15) is 29.8 Å². The second-order valence-corrected chi connectivity index (χ2v) is 9.72. The van der Waals surface area contributed by atoms with Gasteiger partial charge < -0.3 is 40.5 Å². The summed E-state index contributed by atoms with van der Waals surface area (Å²) in [6.45, 7) is 3.35. The molecule has 2 aromatic rings. The van der Waals surface area contributed by atoms with Gasteiger partial charge in [-0.15, -0.1) is 0 Å². The van der Waals surface area contributed by atoms with E-state index in [1.165, 1.54) is 58.1 Å². The zero-order valence-corrected chi connectivity index (χ0v) is 25.6. The molecule has 2 unspecified atom stereocenters. The number of nitro benzene ring substituents is 2. The molecule has 2 atom stereocenters. The van der Waals surface area contributed by atoms with Crippen molar-refractivity contribution in [2.75, 3.05) is 77.8 Å². The van der Waals surface area contributed by atoms with Crippen molar-refractivity contribution in [3.8, 4) is 11.5 Å². The molecule has 0 saturated heterocycles. The number of nitro groups is 2. The average Bonchev–Trinajstić information content (AvgIpc) is 2.94. The van der Waals surface area contributed by atoms with Crippen LogP contribution in [0.1, 0.15) is 13.8 Å². The minimum Gasteiger partial charge on any atom is -0.495 e. The highest BCUT2D eigenvalue weighted by atomic mass is 16.6. The highest BCUT2D eigenvalue weighted by Gasteiger charge is 2.28. The smallest absolute Gasteiger partial charge is 0.294 e. The van der Waals surface area contributed by atoms with Crippen molar-refractivity contribution in [3.05, 3.63) is 44.5 Å². The number of benzene rings is 2. The van der Waals surface area contributed by atoms with Crippen LogP contribution in [0.5, 0.6) is 11.5 Å². The molecule has 16 heteroatoms. The number of carbonyl (C=O) groups is 2. The molecule has 0 heterocycles. The van der Waals surface area contributed by atoms with E-state index < -0.39 is 21.9 Å². The van der Waals surface area contributed by atoms with Crippen molar-refractivity contribution in [2.45, 2.75) is 25.9 Å². The lowest BCUT2D eigenvalue weighted by molar-refractivity contribution is -0.384. The van der Waals surface area contributed by atoms with Gasteiger partial charge in [-0.25, -0.2) is 0 Å². The van der Waals surface area contributed by atoms with Gasteiger partial charge in [0.1, 0.15) is 35.0 Å². The van der Waals surface area contributed by atoms with Crippen molar-refractivity contribution in [3.63, 3.8) is 0 Å². The third-order valence-electron chi connectivity index (χ3n) is 6.57. The van der Waals surface area contributed by atoms with E-state index >= 15 is 0 Å². The van der Waals surface area contributed by atoms with Gasteiger partial charge in [0.15, 0.2) is 0 Å². The Balaban J connectivity index is 0.000000420. The first-order chi connectivity index (χ1) is 19.4. The fraction of sp³-hybridized carbons (Fsp3) is 0.462. The Kier molecular flexibility index (Phi) is 12.1. The molecular formula is C26H40N8O8.